The molecular formula is C19H24N2O3S. The van der Waals surface area contributed by atoms with E-state index in [0.29, 0.717) is 17.7 Å². The molecule has 1 amide bonds. The van der Waals surface area contributed by atoms with Crippen LogP contribution in [0, 0.1) is 6.92 Å². The fourth-order valence-corrected chi connectivity index (χ4v) is 3.69. The number of carbonyl (C=O) groups excluding carboxylic acids is 1. The minimum Gasteiger partial charge on any atom is -0.326 e. The first-order chi connectivity index (χ1) is 11.7. The highest BCUT2D eigenvalue weighted by Crippen LogP contribution is 2.24. The quantitative estimate of drug-likeness (QED) is 0.859. The second-order valence-corrected chi connectivity index (χ2v) is 8.45. The number of nitrogens with zero attached hydrogens (tertiary/aromatic N) is 1. The molecule has 0 aromatic heterocycles. The first kappa shape index (κ1) is 19.1. The number of aryl methyl sites for hydroxylation is 1. The molecule has 0 aliphatic heterocycles. The largest absolute Gasteiger partial charge is 0.326 e. The summed E-state index contributed by atoms with van der Waals surface area (Å²) in [4.78, 5) is 12.5. The molecule has 134 valence electrons. The SMILES string of the molecule is Cc1ccc(NC(=O)C[C@H](C)c2ccccc2)cc1S(=O)(=O)N(C)C. The molecule has 0 saturated carbocycles. The molecule has 2 rings (SSSR count). The highest BCUT2D eigenvalue weighted by atomic mass is 32.2. The number of carbonyl (C=O) groups is 1. The van der Waals surface area contributed by atoms with Crippen LogP contribution in [0.3, 0.4) is 0 Å². The Labute approximate surface area is 149 Å². The van der Waals surface area contributed by atoms with Crippen LogP contribution in [0.5, 0.6) is 0 Å². The Morgan fingerprint density at radius 3 is 2.36 bits per heavy atom. The molecule has 0 radical (unpaired) electrons. The molecule has 1 atom stereocenters. The van der Waals surface area contributed by atoms with Crippen molar-refractivity contribution in [3.8, 4) is 0 Å². The Balaban J connectivity index is 2.14. The first-order valence-corrected chi connectivity index (χ1v) is 9.54. The molecule has 0 heterocycles. The van der Waals surface area contributed by atoms with Gasteiger partial charge in [0.05, 0.1) is 4.90 Å². The number of amides is 1. The molecule has 0 aliphatic rings. The fraction of sp³-hybridized carbons (Fsp3) is 0.316. The lowest BCUT2D eigenvalue weighted by molar-refractivity contribution is -0.116. The van der Waals surface area contributed by atoms with Gasteiger partial charge in [0, 0.05) is 26.2 Å². The smallest absolute Gasteiger partial charge is 0.242 e. The average Bonchev–Trinajstić information content (AvgIpc) is 2.57. The molecule has 2 aromatic rings. The van der Waals surface area contributed by atoms with Crippen molar-refractivity contribution >= 4 is 21.6 Å². The summed E-state index contributed by atoms with van der Waals surface area (Å²) in [5.41, 5.74) is 2.22. The van der Waals surface area contributed by atoms with Crippen LogP contribution in [0.4, 0.5) is 5.69 Å². The summed E-state index contributed by atoms with van der Waals surface area (Å²) in [6, 6.07) is 14.7. The highest BCUT2D eigenvalue weighted by Gasteiger charge is 2.20. The second kappa shape index (κ2) is 7.80. The van der Waals surface area contributed by atoms with Gasteiger partial charge in [0.25, 0.3) is 0 Å². The predicted molar refractivity (Wildman–Crippen MR) is 100 cm³/mol. The first-order valence-electron chi connectivity index (χ1n) is 8.10. The third kappa shape index (κ3) is 4.67. The summed E-state index contributed by atoms with van der Waals surface area (Å²) >= 11 is 0. The number of anilines is 1. The number of nitrogens with one attached hydrogen (secondary N) is 1. The van der Waals surface area contributed by atoms with E-state index in [2.05, 4.69) is 5.32 Å². The van der Waals surface area contributed by atoms with Gasteiger partial charge >= 0.3 is 0 Å². The molecule has 1 N–H and O–H groups in total. The average molecular weight is 360 g/mol. The minimum absolute atomic E-state index is 0.0802. The summed E-state index contributed by atoms with van der Waals surface area (Å²) in [5.74, 6) is -0.0648. The van der Waals surface area contributed by atoms with Gasteiger partial charge in [0.15, 0.2) is 0 Å². The van der Waals surface area contributed by atoms with Crippen LogP contribution in [-0.2, 0) is 14.8 Å². The van der Waals surface area contributed by atoms with Crippen LogP contribution < -0.4 is 5.32 Å². The van der Waals surface area contributed by atoms with E-state index in [0.717, 1.165) is 5.56 Å². The molecular weight excluding hydrogens is 336 g/mol. The van der Waals surface area contributed by atoms with E-state index in [1.807, 2.05) is 37.3 Å². The van der Waals surface area contributed by atoms with E-state index in [9.17, 15) is 13.2 Å². The van der Waals surface area contributed by atoms with Crippen LogP contribution in [0.1, 0.15) is 30.4 Å². The zero-order chi connectivity index (χ0) is 18.6. The van der Waals surface area contributed by atoms with Crippen molar-refractivity contribution < 1.29 is 13.2 Å². The van der Waals surface area contributed by atoms with Crippen LogP contribution in [0.25, 0.3) is 0 Å². The molecule has 2 aromatic carbocycles. The maximum Gasteiger partial charge on any atom is 0.242 e. The van der Waals surface area contributed by atoms with Crippen molar-refractivity contribution in [2.75, 3.05) is 19.4 Å². The third-order valence-electron chi connectivity index (χ3n) is 4.09. The number of benzene rings is 2. The molecule has 0 spiro atoms. The van der Waals surface area contributed by atoms with Crippen molar-refractivity contribution in [3.63, 3.8) is 0 Å². The van der Waals surface area contributed by atoms with Gasteiger partial charge in [-0.3, -0.25) is 4.79 Å². The van der Waals surface area contributed by atoms with E-state index in [4.69, 9.17) is 0 Å². The Morgan fingerprint density at radius 1 is 1.12 bits per heavy atom. The molecule has 25 heavy (non-hydrogen) atoms. The maximum absolute atomic E-state index is 12.4. The lowest BCUT2D eigenvalue weighted by Gasteiger charge is -2.16. The third-order valence-corrected chi connectivity index (χ3v) is 6.05. The summed E-state index contributed by atoms with van der Waals surface area (Å²) < 4.78 is 25.9. The van der Waals surface area contributed by atoms with Crippen LogP contribution in [0.15, 0.2) is 53.4 Å². The van der Waals surface area contributed by atoms with E-state index in [-0.39, 0.29) is 16.7 Å². The maximum atomic E-state index is 12.4. The van der Waals surface area contributed by atoms with Crippen LogP contribution in [0.2, 0.25) is 0 Å². The van der Waals surface area contributed by atoms with Gasteiger partial charge in [-0.15, -0.1) is 0 Å². The van der Waals surface area contributed by atoms with Gasteiger partial charge in [0.2, 0.25) is 15.9 Å². The van der Waals surface area contributed by atoms with Crippen molar-refractivity contribution in [1.82, 2.24) is 4.31 Å². The summed E-state index contributed by atoms with van der Waals surface area (Å²) in [6.07, 6.45) is 0.327. The Morgan fingerprint density at radius 2 is 1.76 bits per heavy atom. The molecule has 0 fully saturated rings. The van der Waals surface area contributed by atoms with Crippen LogP contribution in [-0.4, -0.2) is 32.7 Å². The van der Waals surface area contributed by atoms with Gasteiger partial charge in [-0.25, -0.2) is 12.7 Å². The van der Waals surface area contributed by atoms with Gasteiger partial charge in [0.1, 0.15) is 0 Å². The molecule has 0 saturated heterocycles. The van der Waals surface area contributed by atoms with Gasteiger partial charge < -0.3 is 5.32 Å². The lowest BCUT2D eigenvalue weighted by atomic mass is 9.97. The zero-order valence-electron chi connectivity index (χ0n) is 15.0. The van der Waals surface area contributed by atoms with Gasteiger partial charge in [-0.1, -0.05) is 43.3 Å². The normalized spacial score (nSPS) is 12.8. The van der Waals surface area contributed by atoms with E-state index < -0.39 is 10.0 Å². The molecule has 0 unspecified atom stereocenters. The van der Waals surface area contributed by atoms with Gasteiger partial charge in [-0.2, -0.15) is 0 Å². The van der Waals surface area contributed by atoms with E-state index >= 15 is 0 Å². The highest BCUT2D eigenvalue weighted by molar-refractivity contribution is 7.89. The summed E-state index contributed by atoms with van der Waals surface area (Å²) in [5, 5.41) is 2.80. The zero-order valence-corrected chi connectivity index (χ0v) is 15.8. The van der Waals surface area contributed by atoms with Crippen molar-refractivity contribution in [2.45, 2.75) is 31.1 Å². The van der Waals surface area contributed by atoms with Crippen molar-refractivity contribution in [3.05, 3.63) is 59.7 Å². The molecule has 0 bridgehead atoms. The number of hydrogen-bond donors (Lipinski definition) is 1. The standard InChI is InChI=1S/C19H24N2O3S/c1-14-10-11-17(13-18(14)25(23,24)21(3)4)20-19(22)12-15(2)16-8-6-5-7-9-16/h5-11,13,15H,12H2,1-4H3,(H,20,22)/t15-/m0/s1. The lowest BCUT2D eigenvalue weighted by Crippen LogP contribution is -2.23. The predicted octanol–water partition coefficient (Wildman–Crippen LogP) is 3.38. The van der Waals surface area contributed by atoms with Crippen molar-refractivity contribution in [2.24, 2.45) is 0 Å². The fourth-order valence-electron chi connectivity index (χ4n) is 2.54. The Kier molecular flexibility index (Phi) is 5.98. The van der Waals surface area contributed by atoms with Gasteiger partial charge in [-0.05, 0) is 36.1 Å². The number of rotatable bonds is 6. The topological polar surface area (TPSA) is 66.5 Å². The van der Waals surface area contributed by atoms with Crippen molar-refractivity contribution in [1.29, 1.82) is 0 Å². The number of sulfonamides is 1. The molecule has 0 aliphatic carbocycles. The Bertz CT molecular complexity index is 846. The monoisotopic (exact) mass is 360 g/mol. The molecule has 6 heteroatoms. The second-order valence-electron chi connectivity index (χ2n) is 6.33. The Hall–Kier alpha value is -2.18. The summed E-state index contributed by atoms with van der Waals surface area (Å²) in [7, 11) is -0.575. The molecule has 5 nitrogen and oxygen atoms in total. The van der Waals surface area contributed by atoms with E-state index in [1.54, 1.807) is 19.1 Å². The number of hydrogen-bond acceptors (Lipinski definition) is 3. The van der Waals surface area contributed by atoms with E-state index in [1.165, 1.54) is 24.5 Å². The minimum atomic E-state index is -3.55. The van der Waals surface area contributed by atoms with Crippen LogP contribution >= 0.6 is 0 Å². The summed E-state index contributed by atoms with van der Waals surface area (Å²) in [6.45, 7) is 3.73.